The lowest BCUT2D eigenvalue weighted by Gasteiger charge is -2.35. The lowest BCUT2D eigenvalue weighted by molar-refractivity contribution is 0.0177. The number of aryl methyl sites for hydroxylation is 2. The van der Waals surface area contributed by atoms with Crippen LogP contribution in [0.4, 0.5) is 0 Å². The summed E-state index contributed by atoms with van der Waals surface area (Å²) in [5.74, 6) is -0.328. The first-order valence-corrected chi connectivity index (χ1v) is 49.5. The van der Waals surface area contributed by atoms with Crippen molar-refractivity contribution in [3.63, 3.8) is 0 Å². The second-order valence-corrected chi connectivity index (χ2v) is 36.3. The van der Waals surface area contributed by atoms with Crippen molar-refractivity contribution >= 4 is 11.9 Å². The monoisotopic (exact) mass is 1740 g/mol. The minimum Gasteiger partial charge on any atom is -0.490 e. The van der Waals surface area contributed by atoms with E-state index in [1.165, 1.54) is 206 Å². The molecule has 12 heteroatoms. The molecule has 10 aromatic carbocycles. The Morgan fingerprint density at radius 1 is 0.256 bits per heavy atom. The van der Waals surface area contributed by atoms with Gasteiger partial charge < -0.3 is 47.4 Å². The van der Waals surface area contributed by atoms with E-state index >= 15 is 9.59 Å². The van der Waals surface area contributed by atoms with Gasteiger partial charge in [-0.1, -0.05) is 326 Å². The molecule has 3 aliphatic rings. The maximum Gasteiger partial charge on any atom is 0.341 e. The van der Waals surface area contributed by atoms with Crippen molar-refractivity contribution in [2.75, 3.05) is 107 Å². The average Bonchev–Trinajstić information content (AvgIpc) is 1.50. The summed E-state index contributed by atoms with van der Waals surface area (Å²) in [7, 11) is 3.32. The van der Waals surface area contributed by atoms with Gasteiger partial charge in [-0.15, -0.1) is 0 Å². The second-order valence-electron chi connectivity index (χ2n) is 36.3. The van der Waals surface area contributed by atoms with Gasteiger partial charge in [0.2, 0.25) is 0 Å². The number of ether oxygens (including phenoxy) is 10. The molecule has 13 rings (SSSR count). The summed E-state index contributed by atoms with van der Waals surface area (Å²) >= 11 is 0. The summed E-state index contributed by atoms with van der Waals surface area (Å²) in [6, 6.07) is 74.0. The van der Waals surface area contributed by atoms with E-state index in [1.807, 2.05) is 38.1 Å². The summed E-state index contributed by atoms with van der Waals surface area (Å²) in [6.45, 7) is 21.8. The van der Waals surface area contributed by atoms with Crippen LogP contribution >= 0.6 is 0 Å². The highest BCUT2D eigenvalue weighted by Gasteiger charge is 2.50. The Morgan fingerprint density at radius 3 is 0.791 bits per heavy atom. The van der Waals surface area contributed by atoms with Crippen molar-refractivity contribution in [2.24, 2.45) is 0 Å². The summed E-state index contributed by atoms with van der Waals surface area (Å²) in [6.07, 6.45) is 33.5. The zero-order valence-electron chi connectivity index (χ0n) is 79.6. The topological polar surface area (TPSA) is 126 Å². The van der Waals surface area contributed by atoms with Crippen LogP contribution in [-0.2, 0) is 54.1 Å². The predicted octanol–water partition coefficient (Wildman–Crippen LogP) is 29.3. The molecule has 0 saturated carbocycles. The van der Waals surface area contributed by atoms with E-state index in [4.69, 9.17) is 47.4 Å². The molecule has 0 heterocycles. The highest BCUT2D eigenvalue weighted by molar-refractivity contribution is 5.98. The van der Waals surface area contributed by atoms with Gasteiger partial charge in [-0.05, 0) is 236 Å². The first-order chi connectivity index (χ1) is 63.3. The van der Waals surface area contributed by atoms with E-state index in [9.17, 15) is 0 Å². The van der Waals surface area contributed by atoms with Crippen molar-refractivity contribution in [1.29, 1.82) is 0 Å². The van der Waals surface area contributed by atoms with E-state index in [1.54, 1.807) is 14.2 Å². The number of methoxy groups -OCH3 is 2. The van der Waals surface area contributed by atoms with Crippen molar-refractivity contribution in [3.8, 4) is 89.4 Å². The molecule has 0 spiro atoms. The third kappa shape index (κ3) is 23.3. The molecule has 686 valence electrons. The summed E-state index contributed by atoms with van der Waals surface area (Å²) in [5.41, 5.74) is 27.3. The minimum atomic E-state index is -1.29. The maximum absolute atomic E-state index is 15.3. The first kappa shape index (κ1) is 97.0. The van der Waals surface area contributed by atoms with Crippen LogP contribution in [0.25, 0.3) is 77.9 Å². The maximum atomic E-state index is 15.3. The van der Waals surface area contributed by atoms with E-state index in [2.05, 4.69) is 211 Å². The largest absolute Gasteiger partial charge is 0.490 e. The molecular weight excluding hydrogens is 1600 g/mol. The Labute approximate surface area is 772 Å². The van der Waals surface area contributed by atoms with E-state index in [0.29, 0.717) is 64.4 Å². The summed E-state index contributed by atoms with van der Waals surface area (Å²) < 4.78 is 59.7. The Hall–Kier alpha value is -9.50. The van der Waals surface area contributed by atoms with Crippen LogP contribution in [-0.4, -0.2) is 119 Å². The number of unbranched alkanes of at least 4 members (excludes halogenated alkanes) is 20. The minimum absolute atomic E-state index is 0.133. The molecule has 0 radical (unpaired) electrons. The fraction of sp³-hybridized carbons (Fsp3) is 0.470. The number of carbonyl (C=O) groups excluding carboxylic acids is 2. The van der Waals surface area contributed by atoms with Gasteiger partial charge in [0, 0.05) is 25.0 Å². The van der Waals surface area contributed by atoms with Crippen molar-refractivity contribution in [2.45, 2.75) is 251 Å². The van der Waals surface area contributed by atoms with Crippen LogP contribution in [0.1, 0.15) is 298 Å². The van der Waals surface area contributed by atoms with Gasteiger partial charge in [0.05, 0.1) is 84.7 Å². The van der Waals surface area contributed by atoms with E-state index in [-0.39, 0.29) is 61.6 Å². The number of carbonyl (C=O) groups is 2. The van der Waals surface area contributed by atoms with Gasteiger partial charge in [-0.3, -0.25) is 0 Å². The fourth-order valence-corrected chi connectivity index (χ4v) is 20.7. The molecule has 3 aliphatic carbocycles. The SMILES string of the molecule is CCCCCCCCC1(CCCCCCCC)c2cc(-c3ccc(C)cc3)ccc2-c2ccc(-c3ccc4c(c3)C(c3ccc(OCCOCCOCCOC)c(C(=O)OCC)c3)(c3ccc(OCCOCCOCCOC)c(C(=O)OCC)c3)c3cc(-c5ccc6c(c5)C(CCCCCCCC)(CCCCCCCC)c5cc(-c7ccc(C)cc7)ccc5-6)ccc3-4)cc21. The van der Waals surface area contributed by atoms with Gasteiger partial charge in [-0.25, -0.2) is 9.59 Å². The van der Waals surface area contributed by atoms with Crippen LogP contribution in [0.15, 0.2) is 194 Å². The number of rotatable bonds is 58. The Kier molecular flexibility index (Phi) is 37.0. The van der Waals surface area contributed by atoms with Crippen molar-refractivity contribution in [1.82, 2.24) is 0 Å². The molecule has 0 aliphatic heterocycles. The standard InChI is InChI=1S/C117H146O12/c1-11-17-21-25-29-33-61-115(62-34-30-26-22-18-12-2)105-77-89(87-41-37-85(7)38-42-87)45-53-97(105)99-55-47-91(79-107(99)115)93-49-57-101-102-58-50-94(92-48-56-100-98-54-46-90(88-43-39-86(8)40-44-88)78-106(98)116(108(100)80-92,63-35-31-27-23-19-13-3)64-36-32-28-24-20-14-4)82-110(102)117(109(101)81-93,95-51-59-111(103(83-95)113(118)126-15-5)128-75-73-124-71-69-122-67-65-120-9)96-52-60-112(104(84-96)114(119)127-16-6)129-76-74-125-72-70-123-68-66-121-10/h37-60,77-84H,11-36,61-76H2,1-10H3. The molecule has 129 heavy (non-hydrogen) atoms. The normalized spacial score (nSPS) is 13.4. The molecule has 0 atom stereocenters. The summed E-state index contributed by atoms with van der Waals surface area (Å²) in [5, 5.41) is 0. The highest BCUT2D eigenvalue weighted by Crippen LogP contribution is 2.62. The van der Waals surface area contributed by atoms with Gasteiger partial charge in [-0.2, -0.15) is 0 Å². The molecule has 0 unspecified atom stereocenters. The molecule has 12 nitrogen and oxygen atoms in total. The molecule has 0 N–H and O–H groups in total. The predicted molar refractivity (Wildman–Crippen MR) is 529 cm³/mol. The molecule has 10 aromatic rings. The quantitative estimate of drug-likeness (QED) is 0.0266. The van der Waals surface area contributed by atoms with Gasteiger partial charge >= 0.3 is 11.9 Å². The third-order valence-corrected chi connectivity index (χ3v) is 27.5. The molecule has 0 fully saturated rings. The molecule has 0 bridgehead atoms. The van der Waals surface area contributed by atoms with Crippen molar-refractivity contribution in [3.05, 3.63) is 261 Å². The van der Waals surface area contributed by atoms with Gasteiger partial charge in [0.15, 0.2) is 0 Å². The molecule has 0 amide bonds. The van der Waals surface area contributed by atoms with Gasteiger partial charge in [0.25, 0.3) is 0 Å². The Bertz CT molecular complexity index is 4870. The van der Waals surface area contributed by atoms with Gasteiger partial charge in [0.1, 0.15) is 35.8 Å². The fourth-order valence-electron chi connectivity index (χ4n) is 20.7. The van der Waals surface area contributed by atoms with Crippen LogP contribution < -0.4 is 9.47 Å². The number of hydrogen-bond acceptors (Lipinski definition) is 12. The van der Waals surface area contributed by atoms with Crippen LogP contribution in [0.3, 0.4) is 0 Å². The highest BCUT2D eigenvalue weighted by atomic mass is 16.6. The van der Waals surface area contributed by atoms with Crippen LogP contribution in [0, 0.1) is 13.8 Å². The van der Waals surface area contributed by atoms with Crippen molar-refractivity contribution < 1.29 is 57.0 Å². The zero-order valence-corrected chi connectivity index (χ0v) is 79.6. The van der Waals surface area contributed by atoms with Crippen LogP contribution in [0.2, 0.25) is 0 Å². The zero-order chi connectivity index (χ0) is 90.2. The second kappa shape index (κ2) is 49.1. The number of benzene rings is 10. The number of fused-ring (bicyclic) bond motifs is 9. The smallest absolute Gasteiger partial charge is 0.341 e. The molecule has 0 saturated heterocycles. The first-order valence-electron chi connectivity index (χ1n) is 49.5. The number of hydrogen-bond donors (Lipinski definition) is 0. The Balaban J connectivity index is 1.04. The Morgan fingerprint density at radius 2 is 0.504 bits per heavy atom. The lowest BCUT2D eigenvalue weighted by atomic mass is 9.66. The lowest BCUT2D eigenvalue weighted by Crippen LogP contribution is -2.30. The number of esters is 2. The van der Waals surface area contributed by atoms with E-state index < -0.39 is 17.4 Å². The third-order valence-electron chi connectivity index (χ3n) is 27.5. The van der Waals surface area contributed by atoms with Crippen LogP contribution in [0.5, 0.6) is 11.5 Å². The average molecular weight is 1740 g/mol. The van der Waals surface area contributed by atoms with E-state index in [0.717, 1.165) is 107 Å². The molecule has 0 aromatic heterocycles. The molecular formula is C117H146O12. The summed E-state index contributed by atoms with van der Waals surface area (Å²) in [4.78, 5) is 30.6.